The molecule has 8 nitrogen and oxygen atoms in total. The van der Waals surface area contributed by atoms with E-state index in [2.05, 4.69) is 54.5 Å². The smallest absolute Gasteiger partial charge is 0.279 e. The summed E-state index contributed by atoms with van der Waals surface area (Å²) in [5.41, 5.74) is 1.46. The molecule has 0 atom stereocenters. The van der Waals surface area contributed by atoms with E-state index in [1.54, 1.807) is 19.1 Å². The van der Waals surface area contributed by atoms with E-state index in [4.69, 9.17) is 4.52 Å². The molecule has 1 aromatic carbocycles. The molecule has 1 N–H and O–H groups in total. The van der Waals surface area contributed by atoms with Crippen molar-refractivity contribution in [1.29, 1.82) is 0 Å². The lowest BCUT2D eigenvalue weighted by molar-refractivity contribution is 0.101. The molecule has 0 bridgehead atoms. The van der Waals surface area contributed by atoms with Gasteiger partial charge < -0.3 is 19.6 Å². The molecule has 27 heavy (non-hydrogen) atoms. The topological polar surface area (TPSA) is 87.4 Å². The molecule has 0 radical (unpaired) electrons. The van der Waals surface area contributed by atoms with Gasteiger partial charge in [-0.15, -0.1) is 0 Å². The van der Waals surface area contributed by atoms with Crippen LogP contribution in [0.4, 0.5) is 17.3 Å². The normalized spacial score (nSPS) is 14.3. The first-order chi connectivity index (χ1) is 13.2. The Hall–Kier alpha value is -3.42. The Morgan fingerprint density at radius 1 is 1.04 bits per heavy atom. The van der Waals surface area contributed by atoms with E-state index >= 15 is 0 Å². The van der Waals surface area contributed by atoms with Gasteiger partial charge in [0.15, 0.2) is 5.69 Å². The number of rotatable bonds is 4. The summed E-state index contributed by atoms with van der Waals surface area (Å²) in [6.07, 6.45) is 1.46. The molecule has 1 amide bonds. The molecule has 3 aromatic rings. The number of carbonyl (C=O) groups excluding carboxylic acids is 1. The van der Waals surface area contributed by atoms with E-state index in [9.17, 15) is 4.79 Å². The largest absolute Gasteiger partial charge is 0.368 e. The maximum atomic E-state index is 12.2. The van der Waals surface area contributed by atoms with Gasteiger partial charge in [0.05, 0.1) is 0 Å². The Bertz CT molecular complexity index is 919. The second-order valence-electron chi connectivity index (χ2n) is 6.35. The number of benzene rings is 1. The monoisotopic (exact) mass is 364 g/mol. The molecule has 0 unspecified atom stereocenters. The Morgan fingerprint density at radius 3 is 2.48 bits per heavy atom. The van der Waals surface area contributed by atoms with Gasteiger partial charge in [-0.2, -0.15) is 0 Å². The second kappa shape index (κ2) is 7.45. The number of nitrogens with one attached hydrogen (secondary N) is 1. The maximum absolute atomic E-state index is 12.2. The molecule has 3 heterocycles. The lowest BCUT2D eigenvalue weighted by Gasteiger charge is -2.36. The van der Waals surface area contributed by atoms with Crippen LogP contribution in [0.15, 0.2) is 53.3 Å². The van der Waals surface area contributed by atoms with Crippen LogP contribution in [0, 0.1) is 6.92 Å². The van der Waals surface area contributed by atoms with Crippen molar-refractivity contribution in [3.63, 3.8) is 0 Å². The van der Waals surface area contributed by atoms with Gasteiger partial charge in [0.25, 0.3) is 5.91 Å². The summed E-state index contributed by atoms with van der Waals surface area (Å²) in [6, 6.07) is 13.7. The van der Waals surface area contributed by atoms with Gasteiger partial charge in [0.2, 0.25) is 0 Å². The SMILES string of the molecule is Cc1cc(C(=O)Nc2cc(N3CCN(c4ccccc4)CC3)ncn2)no1. The first-order valence-electron chi connectivity index (χ1n) is 8.81. The Labute approximate surface area is 156 Å². The molecule has 1 aliphatic heterocycles. The molecule has 0 saturated carbocycles. The predicted octanol–water partition coefficient (Wildman–Crippen LogP) is 2.35. The van der Waals surface area contributed by atoms with Crippen molar-refractivity contribution in [3.05, 3.63) is 60.2 Å². The number of anilines is 3. The average molecular weight is 364 g/mol. The molecular weight excluding hydrogens is 344 g/mol. The highest BCUT2D eigenvalue weighted by Crippen LogP contribution is 2.20. The maximum Gasteiger partial charge on any atom is 0.279 e. The molecule has 0 aliphatic carbocycles. The van der Waals surface area contributed by atoms with Crippen molar-refractivity contribution in [1.82, 2.24) is 15.1 Å². The van der Waals surface area contributed by atoms with Crippen LogP contribution in [-0.4, -0.2) is 47.2 Å². The third kappa shape index (κ3) is 3.89. The zero-order chi connectivity index (χ0) is 18.6. The third-order valence-corrected chi connectivity index (χ3v) is 4.48. The zero-order valence-corrected chi connectivity index (χ0v) is 15.0. The van der Waals surface area contributed by atoms with Crippen molar-refractivity contribution >= 4 is 23.2 Å². The summed E-state index contributed by atoms with van der Waals surface area (Å²) in [4.78, 5) is 25.2. The molecule has 8 heteroatoms. The Balaban J connectivity index is 1.40. The summed E-state index contributed by atoms with van der Waals surface area (Å²) in [7, 11) is 0. The lowest BCUT2D eigenvalue weighted by Crippen LogP contribution is -2.46. The third-order valence-electron chi connectivity index (χ3n) is 4.48. The van der Waals surface area contributed by atoms with E-state index in [0.29, 0.717) is 11.6 Å². The lowest BCUT2D eigenvalue weighted by atomic mass is 10.2. The van der Waals surface area contributed by atoms with Crippen LogP contribution < -0.4 is 15.1 Å². The van der Waals surface area contributed by atoms with Crippen molar-refractivity contribution in [2.45, 2.75) is 6.92 Å². The second-order valence-corrected chi connectivity index (χ2v) is 6.35. The summed E-state index contributed by atoms with van der Waals surface area (Å²) >= 11 is 0. The predicted molar refractivity (Wildman–Crippen MR) is 102 cm³/mol. The van der Waals surface area contributed by atoms with E-state index in [0.717, 1.165) is 32.0 Å². The van der Waals surface area contributed by atoms with Gasteiger partial charge in [-0.25, -0.2) is 9.97 Å². The fourth-order valence-electron chi connectivity index (χ4n) is 3.07. The van der Waals surface area contributed by atoms with Gasteiger partial charge in [0, 0.05) is 44.0 Å². The minimum absolute atomic E-state index is 0.226. The molecule has 2 aromatic heterocycles. The Kier molecular flexibility index (Phi) is 4.69. The van der Waals surface area contributed by atoms with Gasteiger partial charge in [-0.3, -0.25) is 4.79 Å². The number of para-hydroxylation sites is 1. The van der Waals surface area contributed by atoms with Crippen LogP contribution in [0.3, 0.4) is 0 Å². The highest BCUT2D eigenvalue weighted by molar-refractivity contribution is 6.02. The summed E-state index contributed by atoms with van der Waals surface area (Å²) < 4.78 is 4.93. The quantitative estimate of drug-likeness (QED) is 0.760. The van der Waals surface area contributed by atoms with Gasteiger partial charge >= 0.3 is 0 Å². The van der Waals surface area contributed by atoms with Gasteiger partial charge in [-0.05, 0) is 19.1 Å². The number of aromatic nitrogens is 3. The standard InChI is InChI=1S/C19H20N6O2/c1-14-11-16(23-27-14)19(26)22-17-12-18(21-13-20-17)25-9-7-24(8-10-25)15-5-3-2-4-6-15/h2-6,11-13H,7-10H2,1H3,(H,20,21,22,26). The van der Waals surface area contributed by atoms with Crippen molar-refractivity contribution in [2.75, 3.05) is 41.3 Å². The van der Waals surface area contributed by atoms with E-state index in [1.807, 2.05) is 6.07 Å². The minimum atomic E-state index is -0.356. The number of hydrogen-bond acceptors (Lipinski definition) is 7. The fourth-order valence-corrected chi connectivity index (χ4v) is 3.07. The van der Waals surface area contributed by atoms with Gasteiger partial charge in [-0.1, -0.05) is 23.4 Å². The van der Waals surface area contributed by atoms with Crippen LogP contribution >= 0.6 is 0 Å². The average Bonchev–Trinajstić information content (AvgIpc) is 3.16. The molecule has 1 saturated heterocycles. The minimum Gasteiger partial charge on any atom is -0.368 e. The number of hydrogen-bond donors (Lipinski definition) is 1. The van der Waals surface area contributed by atoms with Crippen molar-refractivity contribution in [3.8, 4) is 0 Å². The Morgan fingerprint density at radius 2 is 1.78 bits per heavy atom. The number of aryl methyl sites for hydroxylation is 1. The van der Waals surface area contributed by atoms with Crippen molar-refractivity contribution < 1.29 is 9.32 Å². The highest BCUT2D eigenvalue weighted by Gasteiger charge is 2.19. The molecule has 4 rings (SSSR count). The summed E-state index contributed by atoms with van der Waals surface area (Å²) in [6.45, 7) is 5.26. The molecule has 138 valence electrons. The number of nitrogens with zero attached hydrogens (tertiary/aromatic N) is 5. The highest BCUT2D eigenvalue weighted by atomic mass is 16.5. The van der Waals surface area contributed by atoms with Gasteiger partial charge in [0.1, 0.15) is 23.7 Å². The number of carbonyl (C=O) groups is 1. The molecular formula is C19H20N6O2. The number of piperazine rings is 1. The van der Waals surface area contributed by atoms with Crippen LogP contribution in [0.1, 0.15) is 16.2 Å². The fraction of sp³-hybridized carbons (Fsp3) is 0.263. The zero-order valence-electron chi connectivity index (χ0n) is 15.0. The van der Waals surface area contributed by atoms with E-state index in [1.165, 1.54) is 12.0 Å². The van der Waals surface area contributed by atoms with Crippen LogP contribution in [0.2, 0.25) is 0 Å². The first-order valence-corrected chi connectivity index (χ1v) is 8.81. The molecule has 0 spiro atoms. The summed E-state index contributed by atoms with van der Waals surface area (Å²) in [5, 5.41) is 6.45. The van der Waals surface area contributed by atoms with Crippen LogP contribution in [0.25, 0.3) is 0 Å². The molecule has 1 fully saturated rings. The van der Waals surface area contributed by atoms with Crippen LogP contribution in [0.5, 0.6) is 0 Å². The van der Waals surface area contributed by atoms with E-state index in [-0.39, 0.29) is 11.6 Å². The molecule has 1 aliphatic rings. The van der Waals surface area contributed by atoms with Crippen LogP contribution in [-0.2, 0) is 0 Å². The first kappa shape index (κ1) is 17.0. The summed E-state index contributed by atoms with van der Waals surface area (Å²) in [5.74, 6) is 1.46. The van der Waals surface area contributed by atoms with Crippen molar-refractivity contribution in [2.24, 2.45) is 0 Å². The van der Waals surface area contributed by atoms with E-state index < -0.39 is 0 Å². The number of amides is 1.